The van der Waals surface area contributed by atoms with Crippen LogP contribution in [0.25, 0.3) is 0 Å². The number of carbonyl (C=O) groups excluding carboxylic acids is 1. The second-order valence-electron chi connectivity index (χ2n) is 6.91. The van der Waals surface area contributed by atoms with E-state index >= 15 is 0 Å². The summed E-state index contributed by atoms with van der Waals surface area (Å²) >= 11 is 0. The number of ketones is 1. The van der Waals surface area contributed by atoms with Crippen molar-refractivity contribution in [2.24, 2.45) is 11.8 Å². The number of aliphatic carboxylic acids is 1. The Hall–Kier alpha value is -2.46. The molecule has 0 heterocycles. The van der Waals surface area contributed by atoms with Crippen LogP contribution in [-0.2, 0) is 16.0 Å². The van der Waals surface area contributed by atoms with Crippen LogP contribution in [-0.4, -0.2) is 28.1 Å². The lowest BCUT2D eigenvalue weighted by Gasteiger charge is -2.13. The summed E-state index contributed by atoms with van der Waals surface area (Å²) < 4.78 is 0. The van der Waals surface area contributed by atoms with Crippen molar-refractivity contribution in [3.05, 3.63) is 72.4 Å². The molecule has 3 atom stereocenters. The molecular formula is C23H28O4. The SMILES string of the molecule is O=C(O)CCC/C=C/CC1C(=O)C=CC1/C=C/C(O)CCc1ccccc1. The first-order valence-corrected chi connectivity index (χ1v) is 9.55. The van der Waals surface area contributed by atoms with Crippen LogP contribution >= 0.6 is 0 Å². The molecule has 1 aromatic rings. The summed E-state index contributed by atoms with van der Waals surface area (Å²) in [6, 6.07) is 10.1. The summed E-state index contributed by atoms with van der Waals surface area (Å²) in [6.07, 6.45) is 14.2. The normalized spacial score (nSPS) is 20.7. The molecule has 0 aromatic heterocycles. The van der Waals surface area contributed by atoms with Crippen molar-refractivity contribution in [3.8, 4) is 0 Å². The number of aliphatic hydroxyl groups is 1. The van der Waals surface area contributed by atoms with Crippen molar-refractivity contribution in [3.63, 3.8) is 0 Å². The van der Waals surface area contributed by atoms with E-state index in [1.54, 1.807) is 12.2 Å². The van der Waals surface area contributed by atoms with Crippen molar-refractivity contribution in [1.82, 2.24) is 0 Å². The molecule has 4 nitrogen and oxygen atoms in total. The van der Waals surface area contributed by atoms with Crippen LogP contribution in [0.1, 0.15) is 37.7 Å². The lowest BCUT2D eigenvalue weighted by molar-refractivity contribution is -0.137. The Morgan fingerprint density at radius 2 is 1.96 bits per heavy atom. The van der Waals surface area contributed by atoms with Gasteiger partial charge in [-0.25, -0.2) is 0 Å². The van der Waals surface area contributed by atoms with E-state index in [1.165, 1.54) is 5.56 Å². The molecule has 144 valence electrons. The molecule has 1 aliphatic rings. The number of aliphatic hydroxyl groups excluding tert-OH is 1. The topological polar surface area (TPSA) is 74.6 Å². The second-order valence-corrected chi connectivity index (χ2v) is 6.91. The highest BCUT2D eigenvalue weighted by Gasteiger charge is 2.27. The maximum absolute atomic E-state index is 12.1. The Bertz CT molecular complexity index is 688. The van der Waals surface area contributed by atoms with Crippen LogP contribution in [0.15, 0.2) is 66.8 Å². The molecule has 0 spiro atoms. The van der Waals surface area contributed by atoms with E-state index in [0.29, 0.717) is 25.7 Å². The minimum absolute atomic E-state index is 0.00699. The molecule has 3 unspecified atom stereocenters. The molecule has 2 N–H and O–H groups in total. The van der Waals surface area contributed by atoms with Gasteiger partial charge in [-0.05, 0) is 43.7 Å². The fourth-order valence-corrected chi connectivity index (χ4v) is 3.17. The number of allylic oxidation sites excluding steroid dienone is 5. The Labute approximate surface area is 160 Å². The first-order valence-electron chi connectivity index (χ1n) is 9.55. The molecule has 0 amide bonds. The first-order chi connectivity index (χ1) is 13.1. The molecule has 4 heteroatoms. The van der Waals surface area contributed by atoms with Gasteiger partial charge < -0.3 is 10.2 Å². The van der Waals surface area contributed by atoms with Crippen LogP contribution in [0.4, 0.5) is 0 Å². The molecule has 0 saturated heterocycles. The van der Waals surface area contributed by atoms with Gasteiger partial charge in [0.05, 0.1) is 6.10 Å². The van der Waals surface area contributed by atoms with E-state index in [9.17, 15) is 14.7 Å². The van der Waals surface area contributed by atoms with Crippen LogP contribution in [0, 0.1) is 11.8 Å². The summed E-state index contributed by atoms with van der Waals surface area (Å²) in [5.74, 6) is -0.793. The number of unbranched alkanes of at least 4 members (excludes halogenated alkanes) is 1. The van der Waals surface area contributed by atoms with Crippen molar-refractivity contribution >= 4 is 11.8 Å². The quantitative estimate of drug-likeness (QED) is 0.455. The molecule has 0 aliphatic heterocycles. The summed E-state index contributed by atoms with van der Waals surface area (Å²) in [6.45, 7) is 0. The number of carbonyl (C=O) groups is 2. The van der Waals surface area contributed by atoms with E-state index in [-0.39, 0.29) is 24.0 Å². The highest BCUT2D eigenvalue weighted by Crippen LogP contribution is 2.27. The number of hydrogen-bond donors (Lipinski definition) is 2. The fourth-order valence-electron chi connectivity index (χ4n) is 3.17. The average Bonchev–Trinajstić information content (AvgIpc) is 3.01. The van der Waals surface area contributed by atoms with Gasteiger partial charge in [-0.2, -0.15) is 0 Å². The number of aryl methyl sites for hydroxylation is 1. The third kappa shape index (κ3) is 7.75. The summed E-state index contributed by atoms with van der Waals surface area (Å²) in [5.41, 5.74) is 1.20. The van der Waals surface area contributed by atoms with Crippen molar-refractivity contribution < 1.29 is 19.8 Å². The zero-order chi connectivity index (χ0) is 19.5. The largest absolute Gasteiger partial charge is 0.481 e. The van der Waals surface area contributed by atoms with E-state index in [0.717, 1.165) is 6.42 Å². The third-order valence-corrected chi connectivity index (χ3v) is 4.76. The maximum Gasteiger partial charge on any atom is 0.303 e. The van der Waals surface area contributed by atoms with Gasteiger partial charge in [0, 0.05) is 18.3 Å². The minimum atomic E-state index is -0.783. The van der Waals surface area contributed by atoms with Gasteiger partial charge in [0.15, 0.2) is 5.78 Å². The molecule has 2 rings (SSSR count). The number of hydrogen-bond acceptors (Lipinski definition) is 3. The fraction of sp³-hybridized carbons (Fsp3) is 0.391. The second kappa shape index (κ2) is 11.3. The Balaban J connectivity index is 1.76. The van der Waals surface area contributed by atoms with Crippen LogP contribution in [0.5, 0.6) is 0 Å². The number of carboxylic acids is 1. The third-order valence-electron chi connectivity index (χ3n) is 4.76. The predicted molar refractivity (Wildman–Crippen MR) is 106 cm³/mol. The van der Waals surface area contributed by atoms with Gasteiger partial charge >= 0.3 is 5.97 Å². The maximum atomic E-state index is 12.1. The summed E-state index contributed by atoms with van der Waals surface area (Å²) in [7, 11) is 0. The van der Waals surface area contributed by atoms with Crippen molar-refractivity contribution in [2.75, 3.05) is 0 Å². The monoisotopic (exact) mass is 368 g/mol. The van der Waals surface area contributed by atoms with Crippen LogP contribution < -0.4 is 0 Å². The zero-order valence-electron chi connectivity index (χ0n) is 15.5. The van der Waals surface area contributed by atoms with Gasteiger partial charge in [-0.3, -0.25) is 9.59 Å². The number of benzene rings is 1. The lowest BCUT2D eigenvalue weighted by atomic mass is 9.90. The Kier molecular flexibility index (Phi) is 8.72. The lowest BCUT2D eigenvalue weighted by Crippen LogP contribution is -2.14. The summed E-state index contributed by atoms with van der Waals surface area (Å²) in [5, 5.41) is 18.8. The molecule has 0 fully saturated rings. The van der Waals surface area contributed by atoms with Gasteiger partial charge in [0.1, 0.15) is 0 Å². The number of rotatable bonds is 11. The van der Waals surface area contributed by atoms with Crippen LogP contribution in [0.3, 0.4) is 0 Å². The molecule has 0 radical (unpaired) electrons. The Morgan fingerprint density at radius 3 is 2.70 bits per heavy atom. The highest BCUT2D eigenvalue weighted by atomic mass is 16.4. The van der Waals surface area contributed by atoms with E-state index in [4.69, 9.17) is 5.11 Å². The molecular weight excluding hydrogens is 340 g/mol. The van der Waals surface area contributed by atoms with Crippen LogP contribution in [0.2, 0.25) is 0 Å². The Morgan fingerprint density at radius 1 is 1.19 bits per heavy atom. The smallest absolute Gasteiger partial charge is 0.303 e. The summed E-state index contributed by atoms with van der Waals surface area (Å²) in [4.78, 5) is 22.5. The highest BCUT2D eigenvalue weighted by molar-refractivity contribution is 5.95. The predicted octanol–water partition coefficient (Wildman–Crippen LogP) is 4.11. The van der Waals surface area contributed by atoms with Gasteiger partial charge in [-0.1, -0.05) is 60.7 Å². The number of carboxylic acid groups (broad SMARTS) is 1. The molecule has 1 aliphatic carbocycles. The molecule has 0 bridgehead atoms. The molecule has 0 saturated carbocycles. The van der Waals surface area contributed by atoms with Gasteiger partial charge in [0.2, 0.25) is 0 Å². The van der Waals surface area contributed by atoms with E-state index in [2.05, 4.69) is 0 Å². The van der Waals surface area contributed by atoms with E-state index < -0.39 is 12.1 Å². The minimum Gasteiger partial charge on any atom is -0.481 e. The molecule has 27 heavy (non-hydrogen) atoms. The molecule has 1 aromatic carbocycles. The zero-order valence-corrected chi connectivity index (χ0v) is 15.5. The average molecular weight is 368 g/mol. The van der Waals surface area contributed by atoms with Gasteiger partial charge in [-0.15, -0.1) is 0 Å². The van der Waals surface area contributed by atoms with Crippen molar-refractivity contribution in [1.29, 1.82) is 0 Å². The van der Waals surface area contributed by atoms with Gasteiger partial charge in [0.25, 0.3) is 0 Å². The van der Waals surface area contributed by atoms with E-state index in [1.807, 2.05) is 54.6 Å². The standard InChI is InChI=1S/C23H28O4/c24-20(15-12-18-8-4-3-5-9-18)16-13-19-14-17-22(25)21(19)10-6-1-2-7-11-23(26)27/h1,3-6,8-9,13-14,16-17,19-21,24H,2,7,10-12,15H2,(H,26,27)/b6-1+,16-13+. The first kappa shape index (κ1) is 20.8. The van der Waals surface area contributed by atoms with Crippen molar-refractivity contribution in [2.45, 2.75) is 44.6 Å².